The molecule has 0 aliphatic heterocycles. The number of hydrogen-bond acceptors (Lipinski definition) is 7. The molecule has 34 heavy (non-hydrogen) atoms. The van der Waals surface area contributed by atoms with Gasteiger partial charge in [0.2, 0.25) is 5.91 Å². The molecule has 9 heteroatoms. The molecule has 0 saturated heterocycles. The minimum absolute atomic E-state index is 0.0676. The zero-order valence-electron chi connectivity index (χ0n) is 19.6. The van der Waals surface area contributed by atoms with E-state index in [-0.39, 0.29) is 18.6 Å². The van der Waals surface area contributed by atoms with Crippen LogP contribution in [0.4, 0.5) is 4.79 Å². The molecule has 2 aromatic carbocycles. The smallest absolute Gasteiger partial charge is 0.408 e. The maximum atomic E-state index is 13.2. The largest absolute Gasteiger partial charge is 0.508 e. The average molecular weight is 468 g/mol. The molecular formula is C25H29N3O6. The Labute approximate surface area is 198 Å². The van der Waals surface area contributed by atoms with Crippen molar-refractivity contribution in [1.82, 2.24) is 10.6 Å². The topological polar surface area (TPSA) is 138 Å². The number of phenols is 1. The summed E-state index contributed by atoms with van der Waals surface area (Å²) in [5.41, 5.74) is 1.09. The van der Waals surface area contributed by atoms with Gasteiger partial charge in [0.15, 0.2) is 0 Å². The second-order valence-electron chi connectivity index (χ2n) is 8.67. The van der Waals surface area contributed by atoms with Crippen LogP contribution in [-0.2, 0) is 31.9 Å². The van der Waals surface area contributed by atoms with Crippen molar-refractivity contribution in [2.45, 2.75) is 51.3 Å². The van der Waals surface area contributed by atoms with Crippen LogP contribution < -0.4 is 10.6 Å². The SMILES string of the molecule is COC(=O)[C@H](Cc1ccc(C#N)cc1)NC(=O)[C@H](Cc1ccc(O)cc1)NC(=O)OC(C)(C)C. The average Bonchev–Trinajstić information content (AvgIpc) is 2.78. The van der Waals surface area contributed by atoms with Crippen molar-refractivity contribution in [3.05, 3.63) is 65.2 Å². The van der Waals surface area contributed by atoms with E-state index in [0.717, 1.165) is 0 Å². The van der Waals surface area contributed by atoms with Crippen molar-refractivity contribution in [3.8, 4) is 11.8 Å². The van der Waals surface area contributed by atoms with Crippen LogP contribution in [-0.4, -0.2) is 47.9 Å². The van der Waals surface area contributed by atoms with Gasteiger partial charge in [-0.25, -0.2) is 9.59 Å². The lowest BCUT2D eigenvalue weighted by Crippen LogP contribution is -2.53. The lowest BCUT2D eigenvalue weighted by molar-refractivity contribution is -0.145. The molecule has 0 heterocycles. The molecule has 0 unspecified atom stereocenters. The number of carbonyl (C=O) groups excluding carboxylic acids is 3. The summed E-state index contributed by atoms with van der Waals surface area (Å²) in [5, 5.41) is 23.7. The lowest BCUT2D eigenvalue weighted by atomic mass is 10.0. The van der Waals surface area contributed by atoms with Crippen LogP contribution in [0.3, 0.4) is 0 Å². The number of alkyl carbamates (subject to hydrolysis) is 1. The van der Waals surface area contributed by atoms with Crippen LogP contribution in [0.2, 0.25) is 0 Å². The lowest BCUT2D eigenvalue weighted by Gasteiger charge is -2.25. The van der Waals surface area contributed by atoms with Crippen LogP contribution in [0.5, 0.6) is 5.75 Å². The van der Waals surface area contributed by atoms with Gasteiger partial charge in [0.05, 0.1) is 18.7 Å². The summed E-state index contributed by atoms with van der Waals surface area (Å²) in [6.07, 6.45) is -0.563. The number of nitrogens with zero attached hydrogens (tertiary/aromatic N) is 1. The number of aromatic hydroxyl groups is 1. The second kappa shape index (κ2) is 11.7. The number of benzene rings is 2. The Morgan fingerprint density at radius 1 is 0.941 bits per heavy atom. The monoisotopic (exact) mass is 467 g/mol. The number of carbonyl (C=O) groups is 3. The first-order chi connectivity index (χ1) is 16.0. The maximum Gasteiger partial charge on any atom is 0.408 e. The predicted molar refractivity (Wildman–Crippen MR) is 124 cm³/mol. The quantitative estimate of drug-likeness (QED) is 0.507. The number of nitrogens with one attached hydrogen (secondary N) is 2. The number of nitriles is 1. The van der Waals surface area contributed by atoms with Crippen LogP contribution in [0.1, 0.15) is 37.5 Å². The molecule has 0 saturated carbocycles. The van der Waals surface area contributed by atoms with E-state index in [2.05, 4.69) is 10.6 Å². The van der Waals surface area contributed by atoms with E-state index in [0.29, 0.717) is 16.7 Å². The van der Waals surface area contributed by atoms with Crippen molar-refractivity contribution < 1.29 is 29.0 Å². The third-order valence-electron chi connectivity index (χ3n) is 4.71. The number of methoxy groups -OCH3 is 1. The molecule has 2 rings (SSSR count). The van der Waals surface area contributed by atoms with Crippen LogP contribution in [0.25, 0.3) is 0 Å². The number of rotatable bonds is 8. The summed E-state index contributed by atoms with van der Waals surface area (Å²) in [7, 11) is 1.22. The number of amides is 2. The summed E-state index contributed by atoms with van der Waals surface area (Å²) in [6, 6.07) is 12.7. The molecule has 2 aromatic rings. The van der Waals surface area contributed by atoms with Gasteiger partial charge < -0.3 is 25.2 Å². The van der Waals surface area contributed by atoms with E-state index in [1.807, 2.05) is 6.07 Å². The highest BCUT2D eigenvalue weighted by Crippen LogP contribution is 2.13. The molecule has 2 atom stereocenters. The predicted octanol–water partition coefficient (Wildman–Crippen LogP) is 2.60. The Morgan fingerprint density at radius 2 is 1.47 bits per heavy atom. The van der Waals surface area contributed by atoms with Crippen molar-refractivity contribution in [2.75, 3.05) is 7.11 Å². The third-order valence-corrected chi connectivity index (χ3v) is 4.71. The number of hydrogen-bond donors (Lipinski definition) is 3. The van der Waals surface area contributed by atoms with Crippen molar-refractivity contribution in [2.24, 2.45) is 0 Å². The van der Waals surface area contributed by atoms with Gasteiger partial charge in [0.1, 0.15) is 23.4 Å². The van der Waals surface area contributed by atoms with Gasteiger partial charge in [-0.2, -0.15) is 5.26 Å². The van der Waals surface area contributed by atoms with Crippen molar-refractivity contribution in [1.29, 1.82) is 5.26 Å². The van der Waals surface area contributed by atoms with Crippen LogP contribution >= 0.6 is 0 Å². The Hall–Kier alpha value is -4.06. The fraction of sp³-hybridized carbons (Fsp3) is 0.360. The minimum Gasteiger partial charge on any atom is -0.508 e. The highest BCUT2D eigenvalue weighted by Gasteiger charge is 2.29. The Balaban J connectivity index is 2.22. The first-order valence-corrected chi connectivity index (χ1v) is 10.7. The summed E-state index contributed by atoms with van der Waals surface area (Å²) >= 11 is 0. The van der Waals surface area contributed by atoms with Crippen LogP contribution in [0, 0.1) is 11.3 Å². The van der Waals surface area contributed by atoms with Gasteiger partial charge in [0, 0.05) is 12.8 Å². The summed E-state index contributed by atoms with van der Waals surface area (Å²) < 4.78 is 10.1. The fourth-order valence-electron chi connectivity index (χ4n) is 3.09. The molecule has 3 N–H and O–H groups in total. The van der Waals surface area contributed by atoms with Gasteiger partial charge in [-0.05, 0) is 56.2 Å². The molecule has 0 radical (unpaired) electrons. The van der Waals surface area contributed by atoms with E-state index in [1.165, 1.54) is 19.2 Å². The molecule has 2 amide bonds. The standard InChI is InChI=1S/C25H29N3O6/c1-25(2,3)34-24(32)28-20(13-17-9-11-19(29)12-10-17)22(30)27-21(23(31)33-4)14-16-5-7-18(15-26)8-6-16/h5-12,20-21,29H,13-14H2,1-4H3,(H,27,30)(H,28,32)/t20-,21-/m0/s1. The maximum absolute atomic E-state index is 13.2. The molecular weight excluding hydrogens is 438 g/mol. The van der Waals surface area contributed by atoms with Crippen molar-refractivity contribution in [3.63, 3.8) is 0 Å². The molecule has 0 aliphatic rings. The van der Waals surface area contributed by atoms with Gasteiger partial charge >= 0.3 is 12.1 Å². The van der Waals surface area contributed by atoms with E-state index in [4.69, 9.17) is 14.7 Å². The fourth-order valence-corrected chi connectivity index (χ4v) is 3.09. The van der Waals surface area contributed by atoms with E-state index in [9.17, 15) is 19.5 Å². The molecule has 0 aromatic heterocycles. The molecule has 180 valence electrons. The van der Waals surface area contributed by atoms with Gasteiger partial charge in [-0.15, -0.1) is 0 Å². The van der Waals surface area contributed by atoms with Gasteiger partial charge in [0.25, 0.3) is 0 Å². The van der Waals surface area contributed by atoms with Gasteiger partial charge in [-0.3, -0.25) is 4.79 Å². The van der Waals surface area contributed by atoms with Crippen molar-refractivity contribution >= 4 is 18.0 Å². The Kier molecular flexibility index (Phi) is 9.01. The summed E-state index contributed by atoms with van der Waals surface area (Å²) in [4.78, 5) is 37.9. The number of esters is 1. The normalized spacial score (nSPS) is 12.6. The number of phenolic OH excluding ortho intramolecular Hbond substituents is 1. The zero-order valence-corrected chi connectivity index (χ0v) is 19.6. The van der Waals surface area contributed by atoms with Gasteiger partial charge in [-0.1, -0.05) is 24.3 Å². The highest BCUT2D eigenvalue weighted by atomic mass is 16.6. The summed E-state index contributed by atoms with van der Waals surface area (Å²) in [6.45, 7) is 5.10. The Bertz CT molecular complexity index is 1040. The van der Waals surface area contributed by atoms with E-state index in [1.54, 1.807) is 57.2 Å². The first kappa shape index (κ1) is 26.2. The molecule has 0 fully saturated rings. The van der Waals surface area contributed by atoms with E-state index >= 15 is 0 Å². The summed E-state index contributed by atoms with van der Waals surface area (Å²) in [5.74, 6) is -1.20. The van der Waals surface area contributed by atoms with Crippen LogP contribution in [0.15, 0.2) is 48.5 Å². The zero-order chi connectivity index (χ0) is 25.3. The minimum atomic E-state index is -1.06. The van der Waals surface area contributed by atoms with E-state index < -0.39 is 35.7 Å². The first-order valence-electron chi connectivity index (χ1n) is 10.7. The molecule has 0 spiro atoms. The molecule has 9 nitrogen and oxygen atoms in total. The number of ether oxygens (including phenoxy) is 2. The highest BCUT2D eigenvalue weighted by molar-refractivity contribution is 5.90. The molecule has 0 bridgehead atoms. The second-order valence-corrected chi connectivity index (χ2v) is 8.67. The Morgan fingerprint density at radius 3 is 1.97 bits per heavy atom. The molecule has 0 aliphatic carbocycles. The third kappa shape index (κ3) is 8.47.